The molecule has 0 bridgehead atoms. The van der Waals surface area contributed by atoms with Crippen LogP contribution in [0.3, 0.4) is 0 Å². The third-order valence-electron chi connectivity index (χ3n) is 9.36. The van der Waals surface area contributed by atoms with Crippen molar-refractivity contribution in [1.29, 1.82) is 0 Å². The van der Waals surface area contributed by atoms with Gasteiger partial charge in [0.1, 0.15) is 22.3 Å². The molecule has 0 spiro atoms. The summed E-state index contributed by atoms with van der Waals surface area (Å²) in [6.45, 7) is 0. The highest BCUT2D eigenvalue weighted by atomic mass is 16.3. The molecule has 0 aliphatic heterocycles. The average Bonchev–Trinajstić information content (AvgIpc) is 3.76. The standard InChI is InChI=1S/C45H27N3O2/c1-2-10-28(11-3-1)29-20-22-30(23-21-29)43-46-44(48-45(47-43)38-17-9-16-37-35-15-5-7-19-40(35)50-42(37)38)33-13-8-12-31(26-33)32-24-25-36-34-14-4-6-18-39(34)49-41(36)27-32/h1-27H. The molecule has 0 saturated carbocycles. The van der Waals surface area contributed by atoms with Gasteiger partial charge in [-0.3, -0.25) is 0 Å². The summed E-state index contributed by atoms with van der Waals surface area (Å²) in [6, 6.07) is 55.8. The molecule has 0 radical (unpaired) electrons. The van der Waals surface area contributed by atoms with Gasteiger partial charge in [-0.05, 0) is 58.7 Å². The highest BCUT2D eigenvalue weighted by Gasteiger charge is 2.18. The van der Waals surface area contributed by atoms with E-state index in [1.807, 2.05) is 66.7 Å². The summed E-state index contributed by atoms with van der Waals surface area (Å²) in [4.78, 5) is 15.2. The molecule has 5 nitrogen and oxygen atoms in total. The fourth-order valence-electron chi connectivity index (χ4n) is 6.86. The Balaban J connectivity index is 1.12. The van der Waals surface area contributed by atoms with Gasteiger partial charge in [0, 0.05) is 32.7 Å². The maximum atomic E-state index is 6.42. The van der Waals surface area contributed by atoms with E-state index in [1.54, 1.807) is 0 Å². The van der Waals surface area contributed by atoms with Crippen molar-refractivity contribution < 1.29 is 8.83 Å². The number of rotatable bonds is 5. The van der Waals surface area contributed by atoms with E-state index in [2.05, 4.69) is 97.1 Å². The quantitative estimate of drug-likeness (QED) is 0.187. The predicted octanol–water partition coefficient (Wildman–Crippen LogP) is 12.0. The fourth-order valence-corrected chi connectivity index (χ4v) is 6.86. The maximum Gasteiger partial charge on any atom is 0.167 e. The number of furan rings is 2. The largest absolute Gasteiger partial charge is 0.456 e. The van der Waals surface area contributed by atoms with Crippen molar-refractivity contribution in [3.63, 3.8) is 0 Å². The van der Waals surface area contributed by atoms with Crippen LogP contribution in [0, 0.1) is 0 Å². The number of hydrogen-bond donors (Lipinski definition) is 0. The second-order valence-electron chi connectivity index (χ2n) is 12.4. The Kier molecular flexibility index (Phi) is 6.42. The topological polar surface area (TPSA) is 65.0 Å². The molecule has 0 fully saturated rings. The first kappa shape index (κ1) is 28.2. The van der Waals surface area contributed by atoms with Gasteiger partial charge >= 0.3 is 0 Å². The third kappa shape index (κ3) is 4.75. The van der Waals surface area contributed by atoms with Gasteiger partial charge in [0.05, 0.1) is 5.56 Å². The Morgan fingerprint density at radius 2 is 0.820 bits per heavy atom. The summed E-state index contributed by atoms with van der Waals surface area (Å²) in [5.74, 6) is 1.72. The Labute approximate surface area is 287 Å². The average molecular weight is 642 g/mol. The molecule has 10 aromatic rings. The molecule has 0 unspecified atom stereocenters. The molecule has 7 aromatic carbocycles. The van der Waals surface area contributed by atoms with E-state index in [0.717, 1.165) is 82.8 Å². The molecule has 5 heteroatoms. The van der Waals surface area contributed by atoms with E-state index >= 15 is 0 Å². The summed E-state index contributed by atoms with van der Waals surface area (Å²) in [6.07, 6.45) is 0. The first-order valence-electron chi connectivity index (χ1n) is 16.6. The molecule has 3 aromatic heterocycles. The van der Waals surface area contributed by atoms with Crippen LogP contribution in [-0.2, 0) is 0 Å². The molecule has 0 aliphatic carbocycles. The SMILES string of the molecule is c1ccc(-c2ccc(-c3nc(-c4cccc(-c5ccc6c(c5)oc5ccccc56)c4)nc(-c4cccc5c4oc4ccccc45)n3)cc2)cc1. The van der Waals surface area contributed by atoms with E-state index < -0.39 is 0 Å². The number of benzene rings is 7. The number of hydrogen-bond acceptors (Lipinski definition) is 5. The van der Waals surface area contributed by atoms with Gasteiger partial charge in [-0.25, -0.2) is 15.0 Å². The Morgan fingerprint density at radius 1 is 0.300 bits per heavy atom. The van der Waals surface area contributed by atoms with Crippen LogP contribution in [0.15, 0.2) is 173 Å². The monoisotopic (exact) mass is 641 g/mol. The van der Waals surface area contributed by atoms with E-state index in [1.165, 1.54) is 0 Å². The fraction of sp³-hybridized carbons (Fsp3) is 0. The molecular weight excluding hydrogens is 615 g/mol. The first-order chi connectivity index (χ1) is 24.7. The van der Waals surface area contributed by atoms with Crippen LogP contribution in [0.1, 0.15) is 0 Å². The van der Waals surface area contributed by atoms with Gasteiger partial charge in [-0.15, -0.1) is 0 Å². The van der Waals surface area contributed by atoms with E-state index in [-0.39, 0.29) is 0 Å². The van der Waals surface area contributed by atoms with E-state index in [4.69, 9.17) is 23.8 Å². The molecule has 0 aliphatic rings. The molecular formula is C45H27N3O2. The summed E-state index contributed by atoms with van der Waals surface area (Å²) < 4.78 is 12.6. The zero-order valence-corrected chi connectivity index (χ0v) is 26.7. The van der Waals surface area contributed by atoms with Crippen molar-refractivity contribution in [3.8, 4) is 56.4 Å². The normalized spacial score (nSPS) is 11.6. The maximum absolute atomic E-state index is 6.42. The molecule has 3 heterocycles. The number of fused-ring (bicyclic) bond motifs is 6. The number of nitrogens with zero attached hydrogens (tertiary/aromatic N) is 3. The van der Waals surface area contributed by atoms with Crippen LogP contribution >= 0.6 is 0 Å². The molecule has 0 N–H and O–H groups in total. The van der Waals surface area contributed by atoms with Crippen LogP contribution in [0.4, 0.5) is 0 Å². The van der Waals surface area contributed by atoms with E-state index in [0.29, 0.717) is 17.5 Å². The third-order valence-corrected chi connectivity index (χ3v) is 9.36. The summed E-state index contributed by atoms with van der Waals surface area (Å²) in [5.41, 5.74) is 10.3. The Bertz CT molecular complexity index is 2870. The molecule has 0 saturated heterocycles. The van der Waals surface area contributed by atoms with Crippen LogP contribution in [0.25, 0.3) is 100 Å². The predicted molar refractivity (Wildman–Crippen MR) is 202 cm³/mol. The van der Waals surface area contributed by atoms with E-state index in [9.17, 15) is 0 Å². The number of aromatic nitrogens is 3. The lowest BCUT2D eigenvalue weighted by Crippen LogP contribution is -2.00. The first-order valence-corrected chi connectivity index (χ1v) is 16.6. The molecule has 0 atom stereocenters. The lowest BCUT2D eigenvalue weighted by molar-refractivity contribution is 0.669. The Morgan fingerprint density at radius 3 is 1.64 bits per heavy atom. The van der Waals surface area contributed by atoms with Gasteiger partial charge < -0.3 is 8.83 Å². The van der Waals surface area contributed by atoms with Crippen LogP contribution in [0.2, 0.25) is 0 Å². The zero-order valence-electron chi connectivity index (χ0n) is 26.7. The zero-order chi connectivity index (χ0) is 33.0. The minimum Gasteiger partial charge on any atom is -0.456 e. The lowest BCUT2D eigenvalue weighted by Gasteiger charge is -2.10. The molecule has 10 rings (SSSR count). The van der Waals surface area contributed by atoms with Crippen molar-refractivity contribution in [2.24, 2.45) is 0 Å². The van der Waals surface area contributed by atoms with Crippen molar-refractivity contribution >= 4 is 43.9 Å². The lowest BCUT2D eigenvalue weighted by atomic mass is 10.0. The van der Waals surface area contributed by atoms with Crippen molar-refractivity contribution in [1.82, 2.24) is 15.0 Å². The van der Waals surface area contributed by atoms with Gasteiger partial charge in [0.15, 0.2) is 17.5 Å². The minimum atomic E-state index is 0.552. The molecule has 0 amide bonds. The van der Waals surface area contributed by atoms with Crippen LogP contribution in [0.5, 0.6) is 0 Å². The van der Waals surface area contributed by atoms with Crippen molar-refractivity contribution in [2.45, 2.75) is 0 Å². The Hall–Kier alpha value is -6.85. The van der Waals surface area contributed by atoms with Crippen LogP contribution in [-0.4, -0.2) is 15.0 Å². The van der Waals surface area contributed by atoms with Crippen molar-refractivity contribution in [3.05, 3.63) is 164 Å². The minimum absolute atomic E-state index is 0.552. The summed E-state index contributed by atoms with van der Waals surface area (Å²) in [7, 11) is 0. The van der Waals surface area contributed by atoms with Gasteiger partial charge in [-0.1, -0.05) is 127 Å². The van der Waals surface area contributed by atoms with Gasteiger partial charge in [-0.2, -0.15) is 0 Å². The molecule has 50 heavy (non-hydrogen) atoms. The summed E-state index contributed by atoms with van der Waals surface area (Å²) in [5, 5.41) is 4.30. The highest BCUT2D eigenvalue weighted by molar-refractivity contribution is 6.09. The van der Waals surface area contributed by atoms with Gasteiger partial charge in [0.25, 0.3) is 0 Å². The number of para-hydroxylation sites is 3. The molecule has 234 valence electrons. The summed E-state index contributed by atoms with van der Waals surface area (Å²) >= 11 is 0. The smallest absolute Gasteiger partial charge is 0.167 e. The highest BCUT2D eigenvalue weighted by Crippen LogP contribution is 2.37. The second-order valence-corrected chi connectivity index (χ2v) is 12.4. The second kappa shape index (κ2) is 11.4. The van der Waals surface area contributed by atoms with Crippen LogP contribution < -0.4 is 0 Å². The van der Waals surface area contributed by atoms with Gasteiger partial charge in [0.2, 0.25) is 0 Å². The van der Waals surface area contributed by atoms with Crippen molar-refractivity contribution in [2.75, 3.05) is 0 Å².